The second kappa shape index (κ2) is 11.2. The van der Waals surface area contributed by atoms with E-state index in [1.807, 2.05) is 72.8 Å². The zero-order chi connectivity index (χ0) is 25.7. The second-order valence-electron chi connectivity index (χ2n) is 9.13. The van der Waals surface area contributed by atoms with Gasteiger partial charge in [-0.2, -0.15) is 0 Å². The van der Waals surface area contributed by atoms with Crippen molar-refractivity contribution in [2.75, 3.05) is 6.54 Å². The maximum absolute atomic E-state index is 13.2. The van der Waals surface area contributed by atoms with Crippen LogP contribution in [0.4, 0.5) is 0 Å². The van der Waals surface area contributed by atoms with Crippen molar-refractivity contribution in [3.63, 3.8) is 0 Å². The number of nitrogens with one attached hydrogen (secondary N) is 1. The molecule has 0 radical (unpaired) electrons. The van der Waals surface area contributed by atoms with Gasteiger partial charge >= 0.3 is 11.9 Å². The molecule has 1 heterocycles. The van der Waals surface area contributed by atoms with Gasteiger partial charge in [-0.3, -0.25) is 14.9 Å². The first kappa shape index (κ1) is 25.2. The van der Waals surface area contributed by atoms with Gasteiger partial charge in [0, 0.05) is 6.42 Å². The summed E-state index contributed by atoms with van der Waals surface area (Å²) in [5.74, 6) is -2.02. The summed E-state index contributed by atoms with van der Waals surface area (Å²) in [5, 5.41) is 24.4. The van der Waals surface area contributed by atoms with Gasteiger partial charge in [-0.25, -0.2) is 4.79 Å². The van der Waals surface area contributed by atoms with E-state index in [9.17, 15) is 24.6 Å². The van der Waals surface area contributed by atoms with Crippen molar-refractivity contribution in [2.24, 2.45) is 0 Å². The first-order valence-electron chi connectivity index (χ1n) is 12.0. The Bertz CT molecular complexity index is 1230. The minimum absolute atomic E-state index is 0.108. The monoisotopic (exact) mass is 490 g/mol. The van der Waals surface area contributed by atoms with Gasteiger partial charge in [0.25, 0.3) is 0 Å². The van der Waals surface area contributed by atoms with Gasteiger partial charge in [-0.15, -0.1) is 0 Å². The number of nitrogens with zero attached hydrogens (tertiary/aromatic N) is 1. The van der Waals surface area contributed by atoms with Crippen LogP contribution in [0, 0.1) is 0 Å². The third-order valence-electron chi connectivity index (χ3n) is 6.54. The van der Waals surface area contributed by atoms with Crippen LogP contribution in [0.1, 0.15) is 25.3 Å². The van der Waals surface area contributed by atoms with Crippen molar-refractivity contribution in [1.82, 2.24) is 10.2 Å². The van der Waals surface area contributed by atoms with Crippen LogP contribution in [0.15, 0.2) is 72.8 Å². The van der Waals surface area contributed by atoms with Crippen LogP contribution in [-0.2, 0) is 20.8 Å². The van der Waals surface area contributed by atoms with Crippen LogP contribution in [0.2, 0.25) is 0 Å². The number of carbonyl (C=O) groups is 3. The minimum Gasteiger partial charge on any atom is -0.488 e. The van der Waals surface area contributed by atoms with Crippen LogP contribution in [-0.4, -0.2) is 63.7 Å². The van der Waals surface area contributed by atoms with Gasteiger partial charge in [0.15, 0.2) is 0 Å². The van der Waals surface area contributed by atoms with E-state index in [0.29, 0.717) is 18.6 Å². The van der Waals surface area contributed by atoms with Gasteiger partial charge < -0.3 is 19.8 Å². The molecule has 0 aliphatic carbocycles. The smallest absolute Gasteiger partial charge is 0.326 e. The highest BCUT2D eigenvalue weighted by Gasteiger charge is 2.42. The molecule has 1 amide bonds. The van der Waals surface area contributed by atoms with Crippen molar-refractivity contribution in [3.8, 4) is 5.75 Å². The van der Waals surface area contributed by atoms with Crippen LogP contribution < -0.4 is 10.1 Å². The second-order valence-corrected chi connectivity index (χ2v) is 9.13. The van der Waals surface area contributed by atoms with Crippen molar-refractivity contribution in [1.29, 1.82) is 0 Å². The number of carbonyl (C=O) groups excluding carboxylic acids is 1. The zero-order valence-electron chi connectivity index (χ0n) is 20.0. The number of carboxylic acid groups (broad SMARTS) is 2. The zero-order valence-corrected chi connectivity index (χ0v) is 20.0. The number of likely N-dealkylation sites (tertiary alicyclic amines) is 1. The van der Waals surface area contributed by atoms with E-state index in [4.69, 9.17) is 4.74 Å². The van der Waals surface area contributed by atoms with Gasteiger partial charge in [-0.05, 0) is 48.2 Å². The third-order valence-corrected chi connectivity index (χ3v) is 6.54. The van der Waals surface area contributed by atoms with Crippen molar-refractivity contribution >= 4 is 28.6 Å². The van der Waals surface area contributed by atoms with E-state index < -0.39 is 42.1 Å². The first-order chi connectivity index (χ1) is 17.3. The molecule has 188 valence electrons. The van der Waals surface area contributed by atoms with Gasteiger partial charge in [0.1, 0.15) is 23.9 Å². The highest BCUT2D eigenvalue weighted by molar-refractivity contribution is 5.88. The van der Waals surface area contributed by atoms with E-state index in [1.165, 1.54) is 4.90 Å². The number of ether oxygens (including phenoxy) is 1. The first-order valence-corrected chi connectivity index (χ1v) is 12.0. The number of aryl methyl sites for hydroxylation is 1. The molecule has 1 aliphatic heterocycles. The molecule has 0 aromatic heterocycles. The quantitative estimate of drug-likeness (QED) is 0.399. The average Bonchev–Trinajstić information content (AvgIpc) is 3.30. The molecule has 3 N–H and O–H groups in total. The number of aliphatic carboxylic acids is 2. The standard InChI is InChI=1S/C28H30N2O6/c1-18(29-24(27(32)33)14-11-19-7-3-2-4-8-19)26(31)30-17-23(16-25(30)28(34)35)36-22-13-12-20-9-5-6-10-21(20)15-22/h2-10,12-13,15,18,23-25,29H,11,14,16-17H2,1H3,(H,32,33)(H,34,35)/t18-,23-,24-,25-/m0/s1. The summed E-state index contributed by atoms with van der Waals surface area (Å²) in [6.45, 7) is 1.67. The lowest BCUT2D eigenvalue weighted by Crippen LogP contribution is -2.53. The summed E-state index contributed by atoms with van der Waals surface area (Å²) in [7, 11) is 0. The maximum Gasteiger partial charge on any atom is 0.326 e. The molecule has 3 aromatic carbocycles. The molecule has 0 bridgehead atoms. The topological polar surface area (TPSA) is 116 Å². The molecule has 3 aromatic rings. The number of hydrogen-bond acceptors (Lipinski definition) is 5. The largest absolute Gasteiger partial charge is 0.488 e. The Balaban J connectivity index is 1.40. The van der Waals surface area contributed by atoms with E-state index in [1.54, 1.807) is 6.92 Å². The third kappa shape index (κ3) is 6.01. The van der Waals surface area contributed by atoms with Crippen LogP contribution in [0.3, 0.4) is 0 Å². The molecule has 0 spiro atoms. The molecule has 36 heavy (non-hydrogen) atoms. The lowest BCUT2D eigenvalue weighted by Gasteiger charge is -2.27. The lowest BCUT2D eigenvalue weighted by atomic mass is 10.0. The Kier molecular flexibility index (Phi) is 7.85. The van der Waals surface area contributed by atoms with Gasteiger partial charge in [-0.1, -0.05) is 60.7 Å². The summed E-state index contributed by atoms with van der Waals surface area (Å²) in [4.78, 5) is 38.3. The number of carboxylic acids is 2. The molecule has 4 rings (SSSR count). The Morgan fingerprint density at radius 3 is 2.39 bits per heavy atom. The number of benzene rings is 3. The Hall–Kier alpha value is -3.91. The summed E-state index contributed by atoms with van der Waals surface area (Å²) >= 11 is 0. The van der Waals surface area contributed by atoms with Crippen molar-refractivity contribution in [2.45, 2.75) is 50.4 Å². The number of amides is 1. The van der Waals surface area contributed by atoms with Gasteiger partial charge in [0.05, 0.1) is 12.6 Å². The maximum atomic E-state index is 13.2. The summed E-state index contributed by atoms with van der Waals surface area (Å²) in [6.07, 6.45) is 0.496. The van der Waals surface area contributed by atoms with Crippen LogP contribution in [0.25, 0.3) is 10.8 Å². The van der Waals surface area contributed by atoms with E-state index in [2.05, 4.69) is 5.32 Å². The Labute approximate surface area is 209 Å². The molecule has 8 heteroatoms. The van der Waals surface area contributed by atoms with E-state index >= 15 is 0 Å². The summed E-state index contributed by atoms with van der Waals surface area (Å²) in [5.41, 5.74) is 1.00. The summed E-state index contributed by atoms with van der Waals surface area (Å²) < 4.78 is 6.06. The highest BCUT2D eigenvalue weighted by atomic mass is 16.5. The molecule has 4 atom stereocenters. The van der Waals surface area contributed by atoms with Crippen molar-refractivity contribution in [3.05, 3.63) is 78.4 Å². The summed E-state index contributed by atoms with van der Waals surface area (Å²) in [6, 6.07) is 20.2. The molecular weight excluding hydrogens is 460 g/mol. The predicted molar refractivity (Wildman–Crippen MR) is 135 cm³/mol. The fraction of sp³-hybridized carbons (Fsp3) is 0.321. The lowest BCUT2D eigenvalue weighted by molar-refractivity contribution is -0.149. The van der Waals surface area contributed by atoms with Crippen LogP contribution in [0.5, 0.6) is 5.75 Å². The number of rotatable bonds is 10. The molecule has 8 nitrogen and oxygen atoms in total. The minimum atomic E-state index is -1.11. The Morgan fingerprint density at radius 2 is 1.69 bits per heavy atom. The van der Waals surface area contributed by atoms with Crippen LogP contribution >= 0.6 is 0 Å². The Morgan fingerprint density at radius 1 is 1.00 bits per heavy atom. The number of fused-ring (bicyclic) bond motifs is 1. The average molecular weight is 491 g/mol. The van der Waals surface area contributed by atoms with E-state index in [-0.39, 0.29) is 13.0 Å². The molecule has 0 unspecified atom stereocenters. The molecule has 1 fully saturated rings. The fourth-order valence-corrected chi connectivity index (χ4v) is 4.65. The highest BCUT2D eigenvalue weighted by Crippen LogP contribution is 2.27. The predicted octanol–water partition coefficient (Wildman–Crippen LogP) is 3.34. The van der Waals surface area contributed by atoms with Crippen molar-refractivity contribution < 1.29 is 29.3 Å². The SMILES string of the molecule is C[C@H](N[C@@H](CCc1ccccc1)C(=O)O)C(=O)N1C[C@@H](Oc2ccc3ccccc3c2)C[C@H]1C(=O)O. The molecular formula is C28H30N2O6. The fourth-order valence-electron chi connectivity index (χ4n) is 4.65. The van der Waals surface area contributed by atoms with Gasteiger partial charge in [0.2, 0.25) is 5.91 Å². The molecule has 0 saturated carbocycles. The van der Waals surface area contributed by atoms with E-state index in [0.717, 1.165) is 16.3 Å². The number of hydrogen-bond donors (Lipinski definition) is 3. The molecule has 1 aliphatic rings. The molecule has 1 saturated heterocycles. The normalized spacial score (nSPS) is 19.1.